The van der Waals surface area contributed by atoms with Gasteiger partial charge >= 0.3 is 0 Å². The molecule has 2 aromatic rings. The van der Waals surface area contributed by atoms with Crippen molar-refractivity contribution in [2.45, 2.75) is 6.17 Å². The summed E-state index contributed by atoms with van der Waals surface area (Å²) in [5.74, 6) is -0.154. The first-order valence-corrected chi connectivity index (χ1v) is 7.13. The Morgan fingerprint density at radius 3 is 2.23 bits per heavy atom. The van der Waals surface area contributed by atoms with Gasteiger partial charge in [0.1, 0.15) is 0 Å². The Bertz CT molecular complexity index is 800. The minimum absolute atomic E-state index is 0.0626. The van der Waals surface area contributed by atoms with E-state index >= 15 is 0 Å². The molecule has 0 bridgehead atoms. The van der Waals surface area contributed by atoms with Crippen LogP contribution in [0, 0.1) is 0 Å². The zero-order valence-corrected chi connectivity index (χ0v) is 12.4. The highest BCUT2D eigenvalue weighted by molar-refractivity contribution is 6.16. The Labute approximate surface area is 128 Å². The van der Waals surface area contributed by atoms with Crippen LogP contribution >= 0.6 is 0 Å². The van der Waals surface area contributed by atoms with Crippen molar-refractivity contribution in [3.8, 4) is 0 Å². The smallest absolute Gasteiger partial charge is 0.272 e. The van der Waals surface area contributed by atoms with Crippen molar-refractivity contribution < 1.29 is 9.59 Å². The molecule has 0 saturated heterocycles. The third kappa shape index (κ3) is 1.51. The lowest BCUT2D eigenvalue weighted by Crippen LogP contribution is -2.53. The van der Waals surface area contributed by atoms with E-state index in [0.29, 0.717) is 16.8 Å². The highest BCUT2D eigenvalue weighted by Gasteiger charge is 2.48. The summed E-state index contributed by atoms with van der Waals surface area (Å²) in [6, 6.07) is 14.7. The molecule has 0 saturated carbocycles. The van der Waals surface area contributed by atoms with Gasteiger partial charge in [0.15, 0.2) is 6.17 Å². The van der Waals surface area contributed by atoms with E-state index in [0.717, 1.165) is 5.56 Å². The number of para-hydroxylation sites is 1. The van der Waals surface area contributed by atoms with Gasteiger partial charge in [0.25, 0.3) is 11.8 Å². The molecule has 2 aliphatic rings. The maximum Gasteiger partial charge on any atom is 0.272 e. The maximum atomic E-state index is 12.9. The van der Waals surface area contributed by atoms with Crippen LogP contribution in [0.4, 0.5) is 5.69 Å². The van der Waals surface area contributed by atoms with Crippen LogP contribution in [0.15, 0.2) is 48.5 Å². The number of nitrogens with zero attached hydrogens (tertiary/aromatic N) is 3. The fourth-order valence-electron chi connectivity index (χ4n) is 3.28. The molecular weight excluding hydrogens is 278 g/mol. The maximum absolute atomic E-state index is 12.9. The summed E-state index contributed by atoms with van der Waals surface area (Å²) in [5, 5.41) is 3.37. The summed E-state index contributed by atoms with van der Waals surface area (Å²) >= 11 is 0. The van der Waals surface area contributed by atoms with Crippen molar-refractivity contribution in [3.63, 3.8) is 0 Å². The van der Waals surface area contributed by atoms with E-state index in [1.165, 1.54) is 0 Å². The SMILES string of the molecule is CN(C)N1C(=O)c2ccccc2N2C(=O)c3ccccc3[C@@H]21. The Morgan fingerprint density at radius 2 is 1.50 bits per heavy atom. The van der Waals surface area contributed by atoms with E-state index in [9.17, 15) is 9.59 Å². The van der Waals surface area contributed by atoms with Gasteiger partial charge in [0.05, 0.1) is 11.3 Å². The second kappa shape index (κ2) is 4.42. The van der Waals surface area contributed by atoms with Crippen LogP contribution in [-0.2, 0) is 0 Å². The molecule has 2 aromatic carbocycles. The normalized spacial score (nSPS) is 19.3. The Kier molecular flexibility index (Phi) is 2.62. The number of hydrazine groups is 1. The van der Waals surface area contributed by atoms with E-state index in [1.807, 2.05) is 56.6 Å². The van der Waals surface area contributed by atoms with Gasteiger partial charge in [-0.3, -0.25) is 14.5 Å². The van der Waals surface area contributed by atoms with Gasteiger partial charge in [-0.15, -0.1) is 0 Å². The molecule has 2 amide bonds. The summed E-state index contributed by atoms with van der Waals surface area (Å²) in [7, 11) is 3.63. The average Bonchev–Trinajstić information content (AvgIpc) is 2.81. The number of hydrogen-bond acceptors (Lipinski definition) is 3. The lowest BCUT2D eigenvalue weighted by atomic mass is 10.0. The molecular formula is C17H15N3O2. The molecule has 2 heterocycles. The molecule has 0 radical (unpaired) electrons. The fourth-order valence-corrected chi connectivity index (χ4v) is 3.28. The zero-order chi connectivity index (χ0) is 15.4. The first-order chi connectivity index (χ1) is 10.6. The Balaban J connectivity index is 2.01. The number of benzene rings is 2. The second-order valence-electron chi connectivity index (χ2n) is 5.65. The van der Waals surface area contributed by atoms with Crippen LogP contribution in [0.2, 0.25) is 0 Å². The summed E-state index contributed by atoms with van der Waals surface area (Å²) in [5.41, 5.74) is 2.75. The molecule has 22 heavy (non-hydrogen) atoms. The van der Waals surface area contributed by atoms with Gasteiger partial charge in [-0.05, 0) is 18.2 Å². The van der Waals surface area contributed by atoms with Crippen LogP contribution < -0.4 is 4.90 Å². The molecule has 0 fully saturated rings. The molecule has 1 atom stereocenters. The predicted octanol–water partition coefficient (Wildman–Crippen LogP) is 2.28. The van der Waals surface area contributed by atoms with Crippen molar-refractivity contribution in [2.75, 3.05) is 19.0 Å². The van der Waals surface area contributed by atoms with E-state index in [-0.39, 0.29) is 11.8 Å². The Morgan fingerprint density at radius 1 is 0.864 bits per heavy atom. The van der Waals surface area contributed by atoms with E-state index in [4.69, 9.17) is 0 Å². The minimum atomic E-state index is -0.416. The largest absolute Gasteiger partial charge is 0.281 e. The van der Waals surface area contributed by atoms with Crippen LogP contribution in [0.3, 0.4) is 0 Å². The number of rotatable bonds is 1. The highest BCUT2D eigenvalue weighted by atomic mass is 16.2. The molecule has 0 aliphatic carbocycles. The van der Waals surface area contributed by atoms with Crippen LogP contribution in [-0.4, -0.2) is 35.9 Å². The van der Waals surface area contributed by atoms with Crippen molar-refractivity contribution in [2.24, 2.45) is 0 Å². The predicted molar refractivity (Wildman–Crippen MR) is 82.3 cm³/mol. The molecule has 0 spiro atoms. The van der Waals surface area contributed by atoms with Gasteiger partial charge in [-0.2, -0.15) is 0 Å². The van der Waals surface area contributed by atoms with E-state index < -0.39 is 6.17 Å². The number of carbonyl (C=O) groups excluding carboxylic acids is 2. The summed E-state index contributed by atoms with van der Waals surface area (Å²) in [6.07, 6.45) is -0.416. The minimum Gasteiger partial charge on any atom is -0.281 e. The summed E-state index contributed by atoms with van der Waals surface area (Å²) in [6.45, 7) is 0. The average molecular weight is 293 g/mol. The first-order valence-electron chi connectivity index (χ1n) is 7.13. The number of hydrogen-bond donors (Lipinski definition) is 0. The third-order valence-corrected chi connectivity index (χ3v) is 4.20. The van der Waals surface area contributed by atoms with Gasteiger partial charge < -0.3 is 0 Å². The van der Waals surface area contributed by atoms with Crippen LogP contribution in [0.1, 0.15) is 32.4 Å². The lowest BCUT2D eigenvalue weighted by molar-refractivity contribution is -0.00708. The standard InChI is InChI=1S/C17H15N3O2/c1-18(2)20-15-11-7-3-4-8-12(11)16(21)19(15)14-10-6-5-9-13(14)17(20)22/h3-10,15H,1-2H3/t15-/m0/s1. The quantitative estimate of drug-likeness (QED) is 0.810. The number of amides is 2. The molecule has 5 nitrogen and oxygen atoms in total. The van der Waals surface area contributed by atoms with E-state index in [2.05, 4.69) is 0 Å². The van der Waals surface area contributed by atoms with Crippen molar-refractivity contribution in [1.29, 1.82) is 0 Å². The molecule has 2 aliphatic heterocycles. The first kappa shape index (κ1) is 13.0. The highest BCUT2D eigenvalue weighted by Crippen LogP contribution is 2.45. The van der Waals surface area contributed by atoms with Gasteiger partial charge in [-0.25, -0.2) is 10.0 Å². The fraction of sp³-hybridized carbons (Fsp3) is 0.176. The van der Waals surface area contributed by atoms with Crippen LogP contribution in [0.5, 0.6) is 0 Å². The van der Waals surface area contributed by atoms with Gasteiger partial charge in [0.2, 0.25) is 0 Å². The molecule has 4 rings (SSSR count). The lowest BCUT2D eigenvalue weighted by Gasteiger charge is -2.43. The molecule has 0 unspecified atom stereocenters. The van der Waals surface area contributed by atoms with Gasteiger partial charge in [0, 0.05) is 25.2 Å². The van der Waals surface area contributed by atoms with Crippen molar-refractivity contribution in [1.82, 2.24) is 10.0 Å². The number of carbonyl (C=O) groups is 2. The van der Waals surface area contributed by atoms with E-state index in [1.54, 1.807) is 21.0 Å². The number of fused-ring (bicyclic) bond motifs is 5. The van der Waals surface area contributed by atoms with Crippen LogP contribution in [0.25, 0.3) is 0 Å². The topological polar surface area (TPSA) is 43.9 Å². The molecule has 0 aromatic heterocycles. The Hall–Kier alpha value is -2.66. The number of anilines is 1. The molecule has 0 N–H and O–H groups in total. The second-order valence-corrected chi connectivity index (χ2v) is 5.65. The molecule has 5 heteroatoms. The monoisotopic (exact) mass is 293 g/mol. The van der Waals surface area contributed by atoms with Gasteiger partial charge in [-0.1, -0.05) is 30.3 Å². The molecule has 110 valence electrons. The summed E-state index contributed by atoms with van der Waals surface area (Å²) < 4.78 is 0. The zero-order valence-electron chi connectivity index (χ0n) is 12.4. The van der Waals surface area contributed by atoms with Crippen molar-refractivity contribution in [3.05, 3.63) is 65.2 Å². The van der Waals surface area contributed by atoms with Crippen molar-refractivity contribution >= 4 is 17.5 Å². The summed E-state index contributed by atoms with van der Waals surface area (Å²) in [4.78, 5) is 27.4. The third-order valence-electron chi connectivity index (χ3n) is 4.20.